The quantitative estimate of drug-likeness (QED) is 0.268. The third-order valence-electron chi connectivity index (χ3n) is 13.5. The van der Waals surface area contributed by atoms with E-state index in [-0.39, 0.29) is 41.7 Å². The van der Waals surface area contributed by atoms with Gasteiger partial charge in [0.25, 0.3) is 0 Å². The van der Waals surface area contributed by atoms with Crippen LogP contribution < -0.4 is 0 Å². The highest BCUT2D eigenvalue weighted by molar-refractivity contribution is 5.71. The molecule has 0 amide bonds. The third-order valence-corrected chi connectivity index (χ3v) is 13.5. The maximum absolute atomic E-state index is 13.5. The fourth-order valence-corrected chi connectivity index (χ4v) is 12.9. The zero-order valence-electron chi connectivity index (χ0n) is 28.8. The SMILES string of the molecule is CCN1C[C@]2(CC)[C@H](C)C[C@H](OC)[C@@]34[C@@H]5C[C@@]6(OC(C)=O)[C@H](OC(C)=O)[C@@H]5[C@@](OC(C)=O)(C([C@H](OC)[C@H]23)[C@@H]14)[C@@H](OC(C)=O)[C@@H]6OC. The van der Waals surface area contributed by atoms with Crippen molar-refractivity contribution in [1.29, 1.82) is 0 Å². The molecule has 46 heavy (non-hydrogen) atoms. The van der Waals surface area contributed by atoms with Gasteiger partial charge in [-0.2, -0.15) is 0 Å². The van der Waals surface area contributed by atoms with Gasteiger partial charge in [0.2, 0.25) is 0 Å². The Balaban J connectivity index is 1.78. The molecule has 6 rings (SSSR count). The molecule has 5 saturated carbocycles. The number of esters is 4. The van der Waals surface area contributed by atoms with Crippen LogP contribution >= 0.6 is 0 Å². The topological polar surface area (TPSA) is 136 Å². The molecule has 5 aliphatic carbocycles. The van der Waals surface area contributed by atoms with E-state index < -0.39 is 76.7 Å². The molecule has 1 saturated heterocycles. The van der Waals surface area contributed by atoms with E-state index in [4.69, 9.17) is 33.2 Å². The molecule has 1 aliphatic heterocycles. The van der Waals surface area contributed by atoms with Gasteiger partial charge >= 0.3 is 23.9 Å². The highest BCUT2D eigenvalue weighted by Gasteiger charge is 2.93. The van der Waals surface area contributed by atoms with Crippen molar-refractivity contribution >= 4 is 23.9 Å². The van der Waals surface area contributed by atoms with Gasteiger partial charge in [0.1, 0.15) is 6.10 Å². The van der Waals surface area contributed by atoms with Crippen LogP contribution in [0.1, 0.15) is 67.7 Å². The van der Waals surface area contributed by atoms with Crippen LogP contribution in [0.5, 0.6) is 0 Å². The molecule has 0 aromatic heterocycles. The summed E-state index contributed by atoms with van der Waals surface area (Å²) in [4.78, 5) is 55.0. The van der Waals surface area contributed by atoms with E-state index in [1.165, 1.54) is 34.8 Å². The molecule has 6 fully saturated rings. The minimum Gasteiger partial charge on any atom is -0.458 e. The highest BCUT2D eigenvalue weighted by Crippen LogP contribution is 2.82. The van der Waals surface area contributed by atoms with Crippen LogP contribution in [0.25, 0.3) is 0 Å². The number of rotatable bonds is 9. The summed E-state index contributed by atoms with van der Waals surface area (Å²) in [5.41, 5.74) is -3.85. The molecular formula is C34H51NO11. The van der Waals surface area contributed by atoms with Crippen molar-refractivity contribution in [3.63, 3.8) is 0 Å². The number of nitrogens with zero attached hydrogens (tertiary/aromatic N) is 1. The maximum atomic E-state index is 13.5. The van der Waals surface area contributed by atoms with Crippen LogP contribution in [-0.4, -0.2) is 111 Å². The molecule has 12 heteroatoms. The van der Waals surface area contributed by atoms with E-state index in [9.17, 15) is 19.2 Å². The molecule has 1 heterocycles. The lowest BCUT2D eigenvalue weighted by atomic mass is 9.40. The van der Waals surface area contributed by atoms with Gasteiger partial charge < -0.3 is 33.2 Å². The van der Waals surface area contributed by atoms with Gasteiger partial charge in [0.05, 0.1) is 12.2 Å². The smallest absolute Gasteiger partial charge is 0.303 e. The minimum atomic E-state index is -1.56. The van der Waals surface area contributed by atoms with Crippen molar-refractivity contribution in [1.82, 2.24) is 4.90 Å². The van der Waals surface area contributed by atoms with Crippen molar-refractivity contribution in [2.75, 3.05) is 34.4 Å². The van der Waals surface area contributed by atoms with Crippen molar-refractivity contribution in [3.05, 3.63) is 0 Å². The van der Waals surface area contributed by atoms with Crippen molar-refractivity contribution in [2.45, 2.75) is 115 Å². The zero-order chi connectivity index (χ0) is 33.7. The Morgan fingerprint density at radius 2 is 1.41 bits per heavy atom. The van der Waals surface area contributed by atoms with E-state index >= 15 is 0 Å². The number of fused-ring (bicyclic) bond motifs is 2. The lowest BCUT2D eigenvalue weighted by molar-refractivity contribution is -0.323. The summed E-state index contributed by atoms with van der Waals surface area (Å²) >= 11 is 0. The molecule has 0 aromatic carbocycles. The molecule has 15 atom stereocenters. The first kappa shape index (κ1) is 33.6. The lowest BCUT2D eigenvalue weighted by Gasteiger charge is -2.71. The van der Waals surface area contributed by atoms with Gasteiger partial charge in [-0.25, -0.2) is 0 Å². The van der Waals surface area contributed by atoms with E-state index in [0.29, 0.717) is 0 Å². The van der Waals surface area contributed by atoms with E-state index in [1.807, 2.05) is 0 Å². The predicted molar refractivity (Wildman–Crippen MR) is 161 cm³/mol. The number of carbonyl (C=O) groups excluding carboxylic acids is 4. The number of carbonyl (C=O) groups is 4. The Morgan fingerprint density at radius 3 is 1.91 bits per heavy atom. The molecular weight excluding hydrogens is 598 g/mol. The molecule has 1 spiro atoms. The molecule has 7 bridgehead atoms. The summed E-state index contributed by atoms with van der Waals surface area (Å²) in [7, 11) is 4.91. The molecule has 0 N–H and O–H groups in total. The number of ether oxygens (including phenoxy) is 7. The van der Waals surface area contributed by atoms with Crippen LogP contribution in [0, 0.1) is 40.4 Å². The molecule has 1 unspecified atom stereocenters. The first-order valence-electron chi connectivity index (χ1n) is 16.8. The monoisotopic (exact) mass is 649 g/mol. The molecule has 12 nitrogen and oxygen atoms in total. The Kier molecular flexibility index (Phi) is 8.14. The highest BCUT2D eigenvalue weighted by atomic mass is 16.6. The van der Waals surface area contributed by atoms with Crippen LogP contribution in [0.4, 0.5) is 0 Å². The van der Waals surface area contributed by atoms with Gasteiger partial charge in [-0.05, 0) is 43.1 Å². The average molecular weight is 650 g/mol. The zero-order valence-corrected chi connectivity index (χ0v) is 28.8. The van der Waals surface area contributed by atoms with Crippen LogP contribution in [0.3, 0.4) is 0 Å². The first-order valence-corrected chi connectivity index (χ1v) is 16.8. The molecule has 0 radical (unpaired) electrons. The second kappa shape index (κ2) is 11.1. The Hall–Kier alpha value is -2.28. The standard InChI is InChI=1S/C34H51NO11/c1-11-31-15-35(12-2)27-24-25(41-9)26(31)33(27,22(40-8)13-16(31)3)21-14-32(45-19(6)38)28(43-17(4)36)23(21)34(24,46-20(7)39)30(29(32)42-10)44-18(5)37/h16,21-30H,11-15H2,1-10H3/t16-,21-,22+,23-,24?,25+,26-,27-,28-,29+,30+,31-,32-,33+,34-/m1/s1. The minimum absolute atomic E-state index is 0.0467. The fraction of sp³-hybridized carbons (Fsp3) is 0.882. The largest absolute Gasteiger partial charge is 0.458 e. The van der Waals surface area contributed by atoms with Crippen LogP contribution in [-0.2, 0) is 52.3 Å². The molecule has 258 valence electrons. The summed E-state index contributed by atoms with van der Waals surface area (Å²) in [6.45, 7) is 13.5. The number of likely N-dealkylation sites (tertiary alicyclic amines) is 1. The summed E-state index contributed by atoms with van der Waals surface area (Å²) in [5, 5.41) is 0. The van der Waals surface area contributed by atoms with E-state index in [2.05, 4.69) is 25.7 Å². The van der Waals surface area contributed by atoms with Crippen molar-refractivity contribution in [2.24, 2.45) is 40.4 Å². The lowest BCUT2D eigenvalue weighted by Crippen LogP contribution is -2.81. The number of piperidine rings is 1. The van der Waals surface area contributed by atoms with Crippen LogP contribution in [0.2, 0.25) is 0 Å². The number of hydrogen-bond donors (Lipinski definition) is 0. The van der Waals surface area contributed by atoms with E-state index in [0.717, 1.165) is 25.9 Å². The predicted octanol–water partition coefficient (Wildman–Crippen LogP) is 2.53. The molecule has 6 aliphatic rings. The summed E-state index contributed by atoms with van der Waals surface area (Å²) < 4.78 is 44.8. The Bertz CT molecular complexity index is 1290. The Labute approximate surface area is 271 Å². The summed E-state index contributed by atoms with van der Waals surface area (Å²) in [6, 6.07) is -0.218. The number of methoxy groups -OCH3 is 3. The number of hydrogen-bond acceptors (Lipinski definition) is 12. The van der Waals surface area contributed by atoms with Gasteiger partial charge in [-0.15, -0.1) is 0 Å². The van der Waals surface area contributed by atoms with Crippen molar-refractivity contribution < 1.29 is 52.3 Å². The normalized spacial score (nSPS) is 49.7. The molecule has 0 aromatic rings. The first-order chi connectivity index (χ1) is 21.7. The van der Waals surface area contributed by atoms with Gasteiger partial charge in [-0.3, -0.25) is 24.1 Å². The third kappa shape index (κ3) is 3.81. The van der Waals surface area contributed by atoms with Crippen LogP contribution in [0.15, 0.2) is 0 Å². The maximum Gasteiger partial charge on any atom is 0.303 e. The second-order valence-corrected chi connectivity index (χ2v) is 14.7. The van der Waals surface area contributed by atoms with Gasteiger partial charge in [-0.1, -0.05) is 20.8 Å². The van der Waals surface area contributed by atoms with Gasteiger partial charge in [0, 0.05) is 84.8 Å². The summed E-state index contributed by atoms with van der Waals surface area (Å²) in [6.07, 6.45) is -2.12. The fourth-order valence-electron chi connectivity index (χ4n) is 12.9. The average Bonchev–Trinajstić information content (AvgIpc) is 3.35. The summed E-state index contributed by atoms with van der Waals surface area (Å²) in [5.74, 6) is -3.73. The van der Waals surface area contributed by atoms with E-state index in [1.54, 1.807) is 14.2 Å². The second-order valence-electron chi connectivity index (χ2n) is 14.7. The van der Waals surface area contributed by atoms with Crippen molar-refractivity contribution in [3.8, 4) is 0 Å². The Morgan fingerprint density at radius 1 is 0.783 bits per heavy atom. The van der Waals surface area contributed by atoms with Gasteiger partial charge in [0.15, 0.2) is 23.4 Å².